The van der Waals surface area contributed by atoms with Crippen LogP contribution in [0.3, 0.4) is 0 Å². The zero-order valence-corrected chi connectivity index (χ0v) is 20.2. The fourth-order valence-corrected chi connectivity index (χ4v) is 3.98. The highest BCUT2D eigenvalue weighted by Gasteiger charge is 2.38. The van der Waals surface area contributed by atoms with Gasteiger partial charge in [0.05, 0.1) is 12.7 Å². The minimum Gasteiger partial charge on any atom is -0.497 e. The largest absolute Gasteiger partial charge is 0.497 e. The van der Waals surface area contributed by atoms with E-state index >= 15 is 0 Å². The first-order chi connectivity index (χ1) is 17.0. The maximum Gasteiger partial charge on any atom is 0.490 e. The number of nitrogens with zero attached hydrogens (tertiary/aromatic N) is 2. The van der Waals surface area contributed by atoms with Gasteiger partial charge in [0, 0.05) is 37.6 Å². The van der Waals surface area contributed by atoms with Gasteiger partial charge in [0.1, 0.15) is 5.75 Å². The summed E-state index contributed by atoms with van der Waals surface area (Å²) in [5.74, 6) is -1.91. The van der Waals surface area contributed by atoms with Crippen LogP contribution >= 0.6 is 0 Å². The Labute approximate surface area is 207 Å². The summed E-state index contributed by atoms with van der Waals surface area (Å²) in [5.41, 5.74) is 6.49. The van der Waals surface area contributed by atoms with Gasteiger partial charge in [0.25, 0.3) is 5.91 Å². The Bertz CT molecular complexity index is 1220. The van der Waals surface area contributed by atoms with E-state index in [0.29, 0.717) is 12.1 Å². The van der Waals surface area contributed by atoms with Crippen molar-refractivity contribution in [1.29, 1.82) is 0 Å². The molecule has 2 N–H and O–H groups in total. The lowest BCUT2D eigenvalue weighted by Gasteiger charge is -2.29. The number of carbonyl (C=O) groups is 2. The summed E-state index contributed by atoms with van der Waals surface area (Å²) < 4.78 is 37.1. The van der Waals surface area contributed by atoms with Gasteiger partial charge in [-0.25, -0.2) is 4.79 Å². The summed E-state index contributed by atoms with van der Waals surface area (Å²) in [6.07, 6.45) is -0.512. The first-order valence-electron chi connectivity index (χ1n) is 11.2. The number of methoxy groups -OCH3 is 1. The monoisotopic (exact) mass is 503 g/mol. The number of benzene rings is 2. The normalized spacial score (nSPS) is 13.0. The van der Waals surface area contributed by atoms with Crippen LogP contribution in [0, 0.1) is 0 Å². The average Bonchev–Trinajstić information content (AvgIpc) is 3.33. The predicted molar refractivity (Wildman–Crippen MR) is 129 cm³/mol. The number of fused-ring (bicyclic) bond motifs is 1. The van der Waals surface area contributed by atoms with Gasteiger partial charge in [-0.1, -0.05) is 30.3 Å². The molecule has 36 heavy (non-hydrogen) atoms. The number of nitrogens with one attached hydrogen (secondary N) is 1. The Morgan fingerprint density at radius 2 is 1.83 bits per heavy atom. The molecule has 0 saturated carbocycles. The van der Waals surface area contributed by atoms with Gasteiger partial charge < -0.3 is 24.6 Å². The highest BCUT2D eigenvalue weighted by atomic mass is 19.4. The maximum absolute atomic E-state index is 13.3. The molecule has 0 unspecified atom stereocenters. The molecule has 0 radical (unpaired) electrons. The Morgan fingerprint density at radius 3 is 2.47 bits per heavy atom. The van der Waals surface area contributed by atoms with Crippen molar-refractivity contribution in [3.63, 3.8) is 0 Å². The average molecular weight is 504 g/mol. The van der Waals surface area contributed by atoms with Gasteiger partial charge in [-0.2, -0.15) is 13.2 Å². The summed E-state index contributed by atoms with van der Waals surface area (Å²) >= 11 is 0. The topological polar surface area (TPSA) is 85.9 Å². The zero-order valence-electron chi connectivity index (χ0n) is 20.2. The minimum atomic E-state index is -5.08. The lowest BCUT2D eigenvalue weighted by Crippen LogP contribution is -2.36. The molecule has 1 aliphatic heterocycles. The Morgan fingerprint density at radius 1 is 1.11 bits per heavy atom. The lowest BCUT2D eigenvalue weighted by molar-refractivity contribution is -0.192. The highest BCUT2D eigenvalue weighted by molar-refractivity contribution is 6.01. The van der Waals surface area contributed by atoms with E-state index in [2.05, 4.69) is 42.2 Å². The second kappa shape index (κ2) is 11.3. The number of aromatic nitrogens is 1. The molecule has 0 fully saturated rings. The van der Waals surface area contributed by atoms with E-state index in [1.54, 1.807) is 13.3 Å². The molecule has 192 valence electrons. The van der Waals surface area contributed by atoms with Crippen molar-refractivity contribution in [3.05, 3.63) is 77.1 Å². The summed E-state index contributed by atoms with van der Waals surface area (Å²) in [7, 11) is 5.81. The van der Waals surface area contributed by atoms with Gasteiger partial charge in [-0.3, -0.25) is 4.79 Å². The number of hydrogen-bond acceptors (Lipinski definition) is 4. The molecule has 0 aliphatic carbocycles. The van der Waals surface area contributed by atoms with Crippen LogP contribution in [0.4, 0.5) is 13.2 Å². The molecule has 0 atom stereocenters. The Balaban J connectivity index is 0.000000454. The number of carbonyl (C=O) groups excluding carboxylic acids is 1. The smallest absolute Gasteiger partial charge is 0.490 e. The third-order valence-electron chi connectivity index (χ3n) is 5.67. The van der Waals surface area contributed by atoms with Crippen molar-refractivity contribution in [2.45, 2.75) is 25.7 Å². The van der Waals surface area contributed by atoms with Crippen molar-refractivity contribution in [2.24, 2.45) is 0 Å². The van der Waals surface area contributed by atoms with Gasteiger partial charge in [-0.05, 0) is 54.9 Å². The van der Waals surface area contributed by atoms with Crippen molar-refractivity contribution >= 4 is 11.9 Å². The second-order valence-electron chi connectivity index (χ2n) is 8.64. The molecule has 4 rings (SSSR count). The molecular formula is C26H28F3N3O4. The number of aliphatic carboxylic acids is 1. The fraction of sp³-hybridized carbons (Fsp3) is 0.308. The van der Waals surface area contributed by atoms with E-state index in [1.807, 2.05) is 35.4 Å². The number of alkyl halides is 3. The van der Waals surface area contributed by atoms with Crippen molar-refractivity contribution in [2.75, 3.05) is 27.7 Å². The molecule has 1 amide bonds. The molecule has 0 saturated heterocycles. The van der Waals surface area contributed by atoms with Crippen molar-refractivity contribution < 1.29 is 32.6 Å². The summed E-state index contributed by atoms with van der Waals surface area (Å²) in [4.78, 5) is 29.4. The summed E-state index contributed by atoms with van der Waals surface area (Å²) in [6.45, 7) is 2.32. The number of H-pyrrole nitrogens is 1. The molecule has 1 aromatic heterocycles. The van der Waals surface area contributed by atoms with Crippen LogP contribution in [0.25, 0.3) is 11.1 Å². The number of amides is 1. The lowest BCUT2D eigenvalue weighted by atomic mass is 9.96. The van der Waals surface area contributed by atoms with Crippen LogP contribution in [0.2, 0.25) is 0 Å². The predicted octanol–water partition coefficient (Wildman–Crippen LogP) is 4.58. The first kappa shape index (κ1) is 26.8. The number of halogens is 3. The van der Waals surface area contributed by atoms with Gasteiger partial charge in [0.15, 0.2) is 0 Å². The molecule has 0 spiro atoms. The van der Waals surface area contributed by atoms with Crippen LogP contribution in [0.1, 0.15) is 27.0 Å². The van der Waals surface area contributed by atoms with Crippen LogP contribution in [-0.2, 0) is 24.3 Å². The number of ether oxygens (including phenoxy) is 1. The SMILES string of the molecule is COc1cccc(-c2c[nH]cc2C(=O)N2CCc3cc(CN(C)C)ccc3C2)c1.O=C(O)C(F)(F)F. The van der Waals surface area contributed by atoms with E-state index in [4.69, 9.17) is 14.6 Å². The van der Waals surface area contributed by atoms with E-state index in [-0.39, 0.29) is 5.91 Å². The standard InChI is InChI=1S/C24H27N3O2.C2HF3O2/c1-26(2)15-17-7-8-20-16-27(10-9-18(20)11-17)24(28)23-14-25-13-22(23)19-5-4-6-21(12-19)29-3;3-2(4,5)1(6)7/h4-8,11-14,25H,9-10,15-16H2,1-3H3;(H,6,7). The van der Waals surface area contributed by atoms with Gasteiger partial charge >= 0.3 is 12.1 Å². The van der Waals surface area contributed by atoms with Crippen molar-refractivity contribution in [3.8, 4) is 16.9 Å². The third kappa shape index (κ3) is 6.66. The van der Waals surface area contributed by atoms with Gasteiger partial charge in [0.2, 0.25) is 0 Å². The second-order valence-corrected chi connectivity index (χ2v) is 8.64. The van der Waals surface area contributed by atoms with E-state index in [9.17, 15) is 18.0 Å². The summed E-state index contributed by atoms with van der Waals surface area (Å²) in [6, 6.07) is 14.4. The summed E-state index contributed by atoms with van der Waals surface area (Å²) in [5, 5.41) is 7.12. The van der Waals surface area contributed by atoms with Crippen molar-refractivity contribution in [1.82, 2.24) is 14.8 Å². The number of rotatable bonds is 5. The number of carboxylic acids is 1. The molecule has 2 heterocycles. The van der Waals surface area contributed by atoms with E-state index in [1.165, 1.54) is 16.7 Å². The highest BCUT2D eigenvalue weighted by Crippen LogP contribution is 2.29. The Hall–Kier alpha value is -3.79. The van der Waals surface area contributed by atoms with Crippen LogP contribution in [0.5, 0.6) is 5.75 Å². The Kier molecular flexibility index (Phi) is 8.41. The molecule has 1 aliphatic rings. The fourth-order valence-electron chi connectivity index (χ4n) is 3.98. The molecule has 7 nitrogen and oxygen atoms in total. The van der Waals surface area contributed by atoms with E-state index < -0.39 is 12.1 Å². The van der Waals surface area contributed by atoms with Crippen LogP contribution < -0.4 is 4.74 Å². The quantitative estimate of drug-likeness (QED) is 0.532. The van der Waals surface area contributed by atoms with Gasteiger partial charge in [-0.15, -0.1) is 0 Å². The maximum atomic E-state index is 13.3. The van der Waals surface area contributed by atoms with E-state index in [0.717, 1.165) is 36.4 Å². The minimum absolute atomic E-state index is 0.0621. The number of hydrogen-bond donors (Lipinski definition) is 2. The van der Waals surface area contributed by atoms with Crippen LogP contribution in [0.15, 0.2) is 54.9 Å². The molecule has 2 aromatic carbocycles. The molecule has 10 heteroatoms. The zero-order chi connectivity index (χ0) is 26.5. The first-order valence-corrected chi connectivity index (χ1v) is 11.2. The third-order valence-corrected chi connectivity index (χ3v) is 5.67. The number of carboxylic acid groups (broad SMARTS) is 1. The molecule has 3 aromatic rings. The molecule has 0 bridgehead atoms. The number of aromatic amines is 1. The van der Waals surface area contributed by atoms with Crippen LogP contribution in [-0.4, -0.2) is 65.7 Å². The molecular weight excluding hydrogens is 475 g/mol.